The highest BCUT2D eigenvalue weighted by molar-refractivity contribution is 6.06. The molecule has 0 spiro atoms. The molecule has 192 valence electrons. The molecule has 6 rings (SSSR count). The van der Waals surface area contributed by atoms with Crippen molar-refractivity contribution in [3.05, 3.63) is 64.7 Å². The Morgan fingerprint density at radius 2 is 1.70 bits per heavy atom. The number of morpholine rings is 1. The van der Waals surface area contributed by atoms with Gasteiger partial charge in [-0.25, -0.2) is 4.79 Å². The van der Waals surface area contributed by atoms with Crippen molar-refractivity contribution in [3.63, 3.8) is 0 Å². The number of allylic oxidation sites excluding steroid dienone is 1. The third-order valence-corrected chi connectivity index (χ3v) is 8.45. The van der Waals surface area contributed by atoms with E-state index in [4.69, 9.17) is 9.47 Å². The maximum Gasteiger partial charge on any atom is 0.337 e. The zero-order chi connectivity index (χ0) is 25.5. The minimum absolute atomic E-state index is 0.0774. The first-order chi connectivity index (χ1) is 18.1. The topological polar surface area (TPSA) is 60.8 Å². The van der Waals surface area contributed by atoms with Gasteiger partial charge in [0.2, 0.25) is 0 Å². The number of methoxy groups -OCH3 is 1. The van der Waals surface area contributed by atoms with Gasteiger partial charge in [-0.1, -0.05) is 49.6 Å². The summed E-state index contributed by atoms with van der Waals surface area (Å²) in [5, 5.41) is 1.18. The second-order valence-corrected chi connectivity index (χ2v) is 10.5. The van der Waals surface area contributed by atoms with Crippen LogP contribution in [-0.2, 0) is 20.8 Å². The second-order valence-electron chi connectivity index (χ2n) is 10.5. The molecular weight excluding hydrogens is 464 g/mol. The van der Waals surface area contributed by atoms with Crippen LogP contribution in [0, 0.1) is 0 Å². The SMILES string of the molecule is COC(=O)c1ccc2c(C3CCCCC3)c3n(c2c1)CC(C(=O)N1CCOCC1)=C(C)c1ccccc1-3. The molecule has 2 fully saturated rings. The van der Waals surface area contributed by atoms with E-state index in [1.807, 2.05) is 17.0 Å². The Hall–Kier alpha value is -3.38. The Bertz CT molecular complexity index is 1400. The number of aromatic nitrogens is 1. The summed E-state index contributed by atoms with van der Waals surface area (Å²) in [5.41, 5.74) is 8.22. The quantitative estimate of drug-likeness (QED) is 0.429. The number of hydrogen-bond donors (Lipinski definition) is 0. The predicted octanol–water partition coefficient (Wildman–Crippen LogP) is 5.79. The number of rotatable bonds is 3. The molecule has 3 heterocycles. The van der Waals surface area contributed by atoms with Gasteiger partial charge in [0.25, 0.3) is 5.91 Å². The minimum Gasteiger partial charge on any atom is -0.465 e. The molecule has 6 heteroatoms. The third kappa shape index (κ3) is 4.08. The van der Waals surface area contributed by atoms with Crippen molar-refractivity contribution in [1.82, 2.24) is 9.47 Å². The van der Waals surface area contributed by atoms with Gasteiger partial charge < -0.3 is 18.9 Å². The number of benzene rings is 2. The summed E-state index contributed by atoms with van der Waals surface area (Å²) in [7, 11) is 1.42. The van der Waals surface area contributed by atoms with Crippen LogP contribution < -0.4 is 0 Å². The first kappa shape index (κ1) is 24.0. The summed E-state index contributed by atoms with van der Waals surface area (Å²) in [4.78, 5) is 28.4. The molecule has 2 aliphatic heterocycles. The average Bonchev–Trinajstić information content (AvgIpc) is 3.22. The lowest BCUT2D eigenvalue weighted by Crippen LogP contribution is -2.42. The predicted molar refractivity (Wildman–Crippen MR) is 145 cm³/mol. The normalized spacial score (nSPS) is 18.4. The summed E-state index contributed by atoms with van der Waals surface area (Å²) in [6.07, 6.45) is 6.08. The number of ether oxygens (including phenoxy) is 2. The van der Waals surface area contributed by atoms with Crippen LogP contribution in [0.1, 0.15) is 66.4 Å². The molecule has 1 amide bonds. The molecule has 1 saturated heterocycles. The van der Waals surface area contributed by atoms with Crippen LogP contribution in [0.3, 0.4) is 0 Å². The monoisotopic (exact) mass is 498 g/mol. The molecular formula is C31H34N2O4. The number of amides is 1. The standard InChI is InChI=1S/C31H34N2O4/c1-20-23-10-6-7-11-24(23)29-28(21-8-4-3-5-9-21)25-13-12-22(31(35)36-2)18-27(25)33(29)19-26(20)30(34)32-14-16-37-17-15-32/h6-7,10-13,18,21H,3-5,8-9,14-17,19H2,1-2H3. The van der Waals surface area contributed by atoms with Crippen molar-refractivity contribution in [2.24, 2.45) is 0 Å². The molecule has 0 radical (unpaired) electrons. The Balaban J connectivity index is 1.61. The number of fused-ring (bicyclic) bond motifs is 5. The number of carbonyl (C=O) groups excluding carboxylic acids is 2. The van der Waals surface area contributed by atoms with Crippen molar-refractivity contribution < 1.29 is 19.1 Å². The Kier molecular flexibility index (Phi) is 6.37. The van der Waals surface area contributed by atoms with E-state index in [0.29, 0.717) is 44.3 Å². The molecule has 1 aliphatic carbocycles. The summed E-state index contributed by atoms with van der Waals surface area (Å²) >= 11 is 0. The summed E-state index contributed by atoms with van der Waals surface area (Å²) in [6, 6.07) is 14.4. The Labute approximate surface area is 217 Å². The Morgan fingerprint density at radius 1 is 0.973 bits per heavy atom. The number of carbonyl (C=O) groups is 2. The lowest BCUT2D eigenvalue weighted by molar-refractivity contribution is -0.131. The van der Waals surface area contributed by atoms with E-state index in [0.717, 1.165) is 22.2 Å². The van der Waals surface area contributed by atoms with Crippen LogP contribution in [0.4, 0.5) is 0 Å². The molecule has 1 aromatic heterocycles. The van der Waals surface area contributed by atoms with Gasteiger partial charge in [-0.3, -0.25) is 4.79 Å². The van der Waals surface area contributed by atoms with Crippen molar-refractivity contribution in [2.75, 3.05) is 33.4 Å². The summed E-state index contributed by atoms with van der Waals surface area (Å²) in [6.45, 7) is 4.91. The maximum absolute atomic E-state index is 13.9. The second kappa shape index (κ2) is 9.82. The molecule has 0 bridgehead atoms. The minimum atomic E-state index is -0.345. The van der Waals surface area contributed by atoms with Gasteiger partial charge in [0.1, 0.15) is 0 Å². The fraction of sp³-hybridized carbons (Fsp3) is 0.419. The van der Waals surface area contributed by atoms with E-state index in [1.54, 1.807) is 0 Å². The van der Waals surface area contributed by atoms with Crippen LogP contribution in [0.5, 0.6) is 0 Å². The molecule has 3 aliphatic rings. The van der Waals surface area contributed by atoms with Crippen molar-refractivity contribution in [2.45, 2.75) is 51.5 Å². The number of esters is 1. The van der Waals surface area contributed by atoms with E-state index in [9.17, 15) is 9.59 Å². The van der Waals surface area contributed by atoms with E-state index in [-0.39, 0.29) is 11.9 Å². The highest BCUT2D eigenvalue weighted by Crippen LogP contribution is 2.47. The highest BCUT2D eigenvalue weighted by atomic mass is 16.5. The van der Waals surface area contributed by atoms with Crippen molar-refractivity contribution in [1.29, 1.82) is 0 Å². The van der Waals surface area contributed by atoms with E-state index in [2.05, 4.69) is 41.8 Å². The maximum atomic E-state index is 13.9. The van der Waals surface area contributed by atoms with Gasteiger partial charge in [-0.05, 0) is 54.5 Å². The lowest BCUT2D eigenvalue weighted by Gasteiger charge is -2.28. The van der Waals surface area contributed by atoms with Gasteiger partial charge in [0, 0.05) is 35.1 Å². The fourth-order valence-corrected chi connectivity index (χ4v) is 6.52. The third-order valence-electron chi connectivity index (χ3n) is 8.45. The molecule has 0 atom stereocenters. The van der Waals surface area contributed by atoms with Gasteiger partial charge in [-0.15, -0.1) is 0 Å². The van der Waals surface area contributed by atoms with Crippen molar-refractivity contribution >= 4 is 28.4 Å². The van der Waals surface area contributed by atoms with E-state index >= 15 is 0 Å². The molecule has 6 nitrogen and oxygen atoms in total. The van der Waals surface area contributed by atoms with E-state index in [1.165, 1.54) is 61.4 Å². The molecule has 37 heavy (non-hydrogen) atoms. The lowest BCUT2D eigenvalue weighted by atomic mass is 9.81. The molecule has 1 saturated carbocycles. The number of hydrogen-bond acceptors (Lipinski definition) is 4. The van der Waals surface area contributed by atoms with Crippen LogP contribution in [0.25, 0.3) is 27.7 Å². The zero-order valence-corrected chi connectivity index (χ0v) is 21.7. The number of nitrogens with zero attached hydrogens (tertiary/aromatic N) is 2. The van der Waals surface area contributed by atoms with Gasteiger partial charge >= 0.3 is 5.97 Å². The van der Waals surface area contributed by atoms with Gasteiger partial charge in [-0.2, -0.15) is 0 Å². The van der Waals surface area contributed by atoms with Gasteiger partial charge in [0.05, 0.1) is 38.1 Å². The van der Waals surface area contributed by atoms with E-state index < -0.39 is 0 Å². The van der Waals surface area contributed by atoms with Crippen LogP contribution in [-0.4, -0.2) is 54.8 Å². The smallest absolute Gasteiger partial charge is 0.337 e. The van der Waals surface area contributed by atoms with Crippen molar-refractivity contribution in [3.8, 4) is 11.3 Å². The highest BCUT2D eigenvalue weighted by Gasteiger charge is 2.33. The average molecular weight is 499 g/mol. The fourth-order valence-electron chi connectivity index (χ4n) is 6.52. The molecule has 0 unspecified atom stereocenters. The van der Waals surface area contributed by atoms with Crippen LogP contribution in [0.15, 0.2) is 48.0 Å². The molecule has 0 N–H and O–H groups in total. The zero-order valence-electron chi connectivity index (χ0n) is 21.7. The first-order valence-electron chi connectivity index (χ1n) is 13.5. The Morgan fingerprint density at radius 3 is 2.43 bits per heavy atom. The van der Waals surface area contributed by atoms with Crippen LogP contribution >= 0.6 is 0 Å². The summed E-state index contributed by atoms with van der Waals surface area (Å²) < 4.78 is 12.9. The molecule has 2 aromatic carbocycles. The molecule has 3 aromatic rings. The first-order valence-corrected chi connectivity index (χ1v) is 13.5. The largest absolute Gasteiger partial charge is 0.465 e. The van der Waals surface area contributed by atoms with Gasteiger partial charge in [0.15, 0.2) is 0 Å². The van der Waals surface area contributed by atoms with Crippen LogP contribution in [0.2, 0.25) is 0 Å². The summed E-state index contributed by atoms with van der Waals surface area (Å²) in [5.74, 6) is 0.192.